The molecule has 1 atom stereocenters. The van der Waals surface area contributed by atoms with Gasteiger partial charge in [0.1, 0.15) is 0 Å². The minimum Gasteiger partial charge on any atom is -0.320 e. The summed E-state index contributed by atoms with van der Waals surface area (Å²) in [7, 11) is 0. The van der Waals surface area contributed by atoms with Crippen molar-refractivity contribution in [2.24, 2.45) is 5.73 Å². The van der Waals surface area contributed by atoms with E-state index in [1.54, 1.807) is 0 Å². The maximum absolute atomic E-state index is 6.57. The van der Waals surface area contributed by atoms with Gasteiger partial charge in [-0.25, -0.2) is 0 Å². The standard InChI is InChI=1S/C19H20N2/c1-12-10-14(3)17(11-13(12)2)19(20)16-8-9-21-18-7-5-4-6-15(16)18/h4-11,19H,20H2,1-3H3. The monoisotopic (exact) mass is 276 g/mol. The molecule has 3 rings (SSSR count). The number of rotatable bonds is 2. The summed E-state index contributed by atoms with van der Waals surface area (Å²) in [5.74, 6) is 0. The molecule has 1 unspecified atom stereocenters. The topological polar surface area (TPSA) is 38.9 Å². The van der Waals surface area contributed by atoms with E-state index in [9.17, 15) is 0 Å². The second-order valence-electron chi connectivity index (χ2n) is 5.69. The molecular weight excluding hydrogens is 256 g/mol. The molecule has 0 amide bonds. The first kappa shape index (κ1) is 13.8. The molecule has 1 heterocycles. The maximum atomic E-state index is 6.57. The Morgan fingerprint density at radius 3 is 2.38 bits per heavy atom. The predicted octanol–water partition coefficient (Wildman–Crippen LogP) is 4.21. The first-order valence-electron chi connectivity index (χ1n) is 7.25. The van der Waals surface area contributed by atoms with E-state index in [2.05, 4.69) is 44.0 Å². The van der Waals surface area contributed by atoms with E-state index in [1.165, 1.54) is 22.3 Å². The predicted molar refractivity (Wildman–Crippen MR) is 88.4 cm³/mol. The smallest absolute Gasteiger partial charge is 0.0705 e. The first-order valence-corrected chi connectivity index (χ1v) is 7.25. The van der Waals surface area contributed by atoms with Crippen LogP contribution in [0.15, 0.2) is 48.7 Å². The number of fused-ring (bicyclic) bond motifs is 1. The molecular formula is C19H20N2. The molecule has 0 aliphatic rings. The zero-order chi connectivity index (χ0) is 15.0. The van der Waals surface area contributed by atoms with Gasteiger partial charge in [0.2, 0.25) is 0 Å². The van der Waals surface area contributed by atoms with E-state index in [1.807, 2.05) is 30.5 Å². The summed E-state index contributed by atoms with van der Waals surface area (Å²) in [6.07, 6.45) is 1.84. The number of aromatic nitrogens is 1. The molecule has 2 N–H and O–H groups in total. The van der Waals surface area contributed by atoms with Crippen LogP contribution in [0.1, 0.15) is 33.9 Å². The van der Waals surface area contributed by atoms with Crippen molar-refractivity contribution in [3.8, 4) is 0 Å². The Morgan fingerprint density at radius 1 is 0.857 bits per heavy atom. The number of hydrogen-bond donors (Lipinski definition) is 1. The molecule has 2 nitrogen and oxygen atoms in total. The number of aryl methyl sites for hydroxylation is 3. The number of nitrogens with two attached hydrogens (primary N) is 1. The van der Waals surface area contributed by atoms with Crippen LogP contribution in [0.25, 0.3) is 10.9 Å². The van der Waals surface area contributed by atoms with E-state index >= 15 is 0 Å². The van der Waals surface area contributed by atoms with Gasteiger partial charge in [-0.05, 0) is 60.7 Å². The van der Waals surface area contributed by atoms with Crippen molar-refractivity contribution in [1.29, 1.82) is 0 Å². The molecule has 106 valence electrons. The summed E-state index contributed by atoms with van der Waals surface area (Å²) >= 11 is 0. The Balaban J connectivity index is 2.17. The van der Waals surface area contributed by atoms with Crippen molar-refractivity contribution in [3.63, 3.8) is 0 Å². The van der Waals surface area contributed by atoms with Gasteiger partial charge in [-0.1, -0.05) is 30.3 Å². The number of benzene rings is 2. The molecule has 2 aromatic carbocycles. The lowest BCUT2D eigenvalue weighted by molar-refractivity contribution is 0.865. The van der Waals surface area contributed by atoms with E-state index in [0.29, 0.717) is 0 Å². The van der Waals surface area contributed by atoms with Crippen LogP contribution in [-0.2, 0) is 0 Å². The Labute approximate surface area is 125 Å². The third kappa shape index (κ3) is 2.43. The van der Waals surface area contributed by atoms with Gasteiger partial charge in [-0.2, -0.15) is 0 Å². The van der Waals surface area contributed by atoms with Crippen LogP contribution in [0.5, 0.6) is 0 Å². The summed E-state index contributed by atoms with van der Waals surface area (Å²) in [6, 6.07) is 14.5. The summed E-state index contributed by atoms with van der Waals surface area (Å²) in [6.45, 7) is 6.40. The molecule has 1 aromatic heterocycles. The van der Waals surface area contributed by atoms with Crippen LogP contribution >= 0.6 is 0 Å². The highest BCUT2D eigenvalue weighted by atomic mass is 14.7. The Morgan fingerprint density at radius 2 is 1.57 bits per heavy atom. The van der Waals surface area contributed by atoms with Crippen LogP contribution in [-0.4, -0.2) is 4.98 Å². The van der Waals surface area contributed by atoms with Crippen molar-refractivity contribution in [2.45, 2.75) is 26.8 Å². The lowest BCUT2D eigenvalue weighted by Crippen LogP contribution is -2.14. The average Bonchev–Trinajstić information content (AvgIpc) is 2.49. The Kier molecular flexibility index (Phi) is 3.48. The molecule has 3 aromatic rings. The van der Waals surface area contributed by atoms with Gasteiger partial charge in [0, 0.05) is 11.6 Å². The van der Waals surface area contributed by atoms with Crippen molar-refractivity contribution in [1.82, 2.24) is 4.98 Å². The second-order valence-corrected chi connectivity index (χ2v) is 5.69. The molecule has 2 heteroatoms. The van der Waals surface area contributed by atoms with Crippen molar-refractivity contribution in [3.05, 3.63) is 76.5 Å². The van der Waals surface area contributed by atoms with Gasteiger partial charge in [0.15, 0.2) is 0 Å². The lowest BCUT2D eigenvalue weighted by Gasteiger charge is -2.18. The van der Waals surface area contributed by atoms with Crippen molar-refractivity contribution >= 4 is 10.9 Å². The third-order valence-electron chi connectivity index (χ3n) is 4.24. The van der Waals surface area contributed by atoms with Gasteiger partial charge >= 0.3 is 0 Å². The average molecular weight is 276 g/mol. The fourth-order valence-electron chi connectivity index (χ4n) is 2.87. The highest BCUT2D eigenvalue weighted by molar-refractivity contribution is 5.82. The molecule has 0 radical (unpaired) electrons. The molecule has 21 heavy (non-hydrogen) atoms. The Bertz CT molecular complexity index is 801. The van der Waals surface area contributed by atoms with Crippen LogP contribution in [0.2, 0.25) is 0 Å². The summed E-state index contributed by atoms with van der Waals surface area (Å²) in [5.41, 5.74) is 13.7. The number of pyridine rings is 1. The molecule has 0 fully saturated rings. The van der Waals surface area contributed by atoms with Gasteiger partial charge in [-0.3, -0.25) is 4.98 Å². The first-order chi connectivity index (χ1) is 10.1. The normalized spacial score (nSPS) is 12.6. The van der Waals surface area contributed by atoms with E-state index in [0.717, 1.165) is 16.5 Å². The lowest BCUT2D eigenvalue weighted by atomic mass is 9.91. The van der Waals surface area contributed by atoms with Crippen LogP contribution in [0.4, 0.5) is 0 Å². The molecule has 0 saturated heterocycles. The number of para-hydroxylation sites is 1. The number of nitrogens with zero attached hydrogens (tertiary/aromatic N) is 1. The van der Waals surface area contributed by atoms with Crippen molar-refractivity contribution in [2.75, 3.05) is 0 Å². The molecule has 0 saturated carbocycles. The van der Waals surface area contributed by atoms with Crippen LogP contribution in [0, 0.1) is 20.8 Å². The summed E-state index contributed by atoms with van der Waals surface area (Å²) in [5, 5.41) is 1.13. The highest BCUT2D eigenvalue weighted by Gasteiger charge is 2.15. The number of hydrogen-bond acceptors (Lipinski definition) is 2. The van der Waals surface area contributed by atoms with Gasteiger partial charge in [-0.15, -0.1) is 0 Å². The quantitative estimate of drug-likeness (QED) is 0.761. The molecule has 0 bridgehead atoms. The summed E-state index contributed by atoms with van der Waals surface area (Å²) in [4.78, 5) is 4.42. The largest absolute Gasteiger partial charge is 0.320 e. The fourth-order valence-corrected chi connectivity index (χ4v) is 2.87. The van der Waals surface area contributed by atoms with Gasteiger partial charge in [0.05, 0.1) is 11.6 Å². The second kappa shape index (κ2) is 5.30. The zero-order valence-corrected chi connectivity index (χ0v) is 12.7. The zero-order valence-electron chi connectivity index (χ0n) is 12.7. The van der Waals surface area contributed by atoms with Gasteiger partial charge < -0.3 is 5.73 Å². The van der Waals surface area contributed by atoms with Gasteiger partial charge in [0.25, 0.3) is 0 Å². The third-order valence-corrected chi connectivity index (χ3v) is 4.24. The van der Waals surface area contributed by atoms with Crippen LogP contribution < -0.4 is 5.73 Å². The van der Waals surface area contributed by atoms with E-state index < -0.39 is 0 Å². The van der Waals surface area contributed by atoms with E-state index in [4.69, 9.17) is 5.73 Å². The van der Waals surface area contributed by atoms with E-state index in [-0.39, 0.29) is 6.04 Å². The fraction of sp³-hybridized carbons (Fsp3) is 0.211. The Hall–Kier alpha value is -2.19. The molecule has 0 spiro atoms. The summed E-state index contributed by atoms with van der Waals surface area (Å²) < 4.78 is 0. The molecule has 0 aliphatic heterocycles. The minimum absolute atomic E-state index is 0.128. The molecule has 0 aliphatic carbocycles. The highest BCUT2D eigenvalue weighted by Crippen LogP contribution is 2.29. The van der Waals surface area contributed by atoms with Crippen LogP contribution in [0.3, 0.4) is 0 Å². The SMILES string of the molecule is Cc1cc(C)c(C(N)c2ccnc3ccccc23)cc1C. The maximum Gasteiger partial charge on any atom is 0.0705 e. The van der Waals surface area contributed by atoms with Crippen molar-refractivity contribution < 1.29 is 0 Å². The minimum atomic E-state index is -0.128.